The zero-order valence-corrected chi connectivity index (χ0v) is 8.58. The predicted octanol–water partition coefficient (Wildman–Crippen LogP) is 2.06. The van der Waals surface area contributed by atoms with Crippen molar-refractivity contribution < 1.29 is 4.79 Å². The van der Waals surface area contributed by atoms with Gasteiger partial charge in [-0.15, -0.1) is 0 Å². The molecular formula is C12H15NO. The summed E-state index contributed by atoms with van der Waals surface area (Å²) in [4.78, 5) is 11.0. The molecule has 1 aliphatic rings. The van der Waals surface area contributed by atoms with Crippen molar-refractivity contribution >= 4 is 5.91 Å². The Morgan fingerprint density at radius 3 is 2.86 bits per heavy atom. The zero-order chi connectivity index (χ0) is 10.1. The monoisotopic (exact) mass is 189 g/mol. The highest BCUT2D eigenvalue weighted by molar-refractivity contribution is 5.73. The first-order valence-electron chi connectivity index (χ1n) is 5.03. The van der Waals surface area contributed by atoms with Crippen LogP contribution in [0.25, 0.3) is 0 Å². The summed E-state index contributed by atoms with van der Waals surface area (Å²) >= 11 is 0. The second-order valence-electron chi connectivity index (χ2n) is 4.06. The maximum absolute atomic E-state index is 11.0. The van der Waals surface area contributed by atoms with Crippen LogP contribution in [0.5, 0.6) is 0 Å². The molecule has 1 N–H and O–H groups in total. The molecule has 1 aliphatic carbocycles. The maximum atomic E-state index is 11.0. The summed E-state index contributed by atoms with van der Waals surface area (Å²) < 4.78 is 0. The van der Waals surface area contributed by atoms with Gasteiger partial charge in [0.05, 0.1) is 6.04 Å². The Morgan fingerprint density at radius 2 is 2.14 bits per heavy atom. The predicted molar refractivity (Wildman–Crippen MR) is 55.9 cm³/mol. The summed E-state index contributed by atoms with van der Waals surface area (Å²) in [6, 6.07) is 8.56. The molecule has 74 valence electrons. The molecule has 0 fully saturated rings. The number of hydrogen-bond donors (Lipinski definition) is 1. The fourth-order valence-electron chi connectivity index (χ4n) is 2.23. The third-order valence-electron chi connectivity index (χ3n) is 2.86. The van der Waals surface area contributed by atoms with Crippen molar-refractivity contribution in [3.63, 3.8) is 0 Å². The van der Waals surface area contributed by atoms with E-state index < -0.39 is 0 Å². The highest BCUT2D eigenvalue weighted by Crippen LogP contribution is 2.35. The third kappa shape index (κ3) is 1.52. The van der Waals surface area contributed by atoms with Gasteiger partial charge in [0, 0.05) is 6.92 Å². The molecule has 0 aromatic heterocycles. The van der Waals surface area contributed by atoms with Gasteiger partial charge in [-0.3, -0.25) is 4.79 Å². The number of carbonyl (C=O) groups is 1. The van der Waals surface area contributed by atoms with Crippen LogP contribution in [0.3, 0.4) is 0 Å². The molecule has 2 nitrogen and oxygen atoms in total. The van der Waals surface area contributed by atoms with Crippen LogP contribution in [0.1, 0.15) is 31.0 Å². The fourth-order valence-corrected chi connectivity index (χ4v) is 2.23. The first-order chi connectivity index (χ1) is 6.68. The van der Waals surface area contributed by atoms with Crippen LogP contribution in [0, 0.1) is 5.92 Å². The zero-order valence-electron chi connectivity index (χ0n) is 8.58. The Kier molecular flexibility index (Phi) is 2.28. The highest BCUT2D eigenvalue weighted by atomic mass is 16.1. The number of hydrogen-bond acceptors (Lipinski definition) is 1. The second kappa shape index (κ2) is 3.45. The highest BCUT2D eigenvalue weighted by Gasteiger charge is 2.29. The van der Waals surface area contributed by atoms with Crippen molar-refractivity contribution in [3.8, 4) is 0 Å². The molecule has 1 aromatic carbocycles. The van der Waals surface area contributed by atoms with Crippen LogP contribution in [-0.2, 0) is 11.2 Å². The lowest BCUT2D eigenvalue weighted by molar-refractivity contribution is -0.119. The first-order valence-corrected chi connectivity index (χ1v) is 5.03. The lowest BCUT2D eigenvalue weighted by Crippen LogP contribution is -2.28. The van der Waals surface area contributed by atoms with Gasteiger partial charge in [0.1, 0.15) is 0 Å². The molecule has 2 heteroatoms. The summed E-state index contributed by atoms with van der Waals surface area (Å²) in [5, 5.41) is 3.01. The van der Waals surface area contributed by atoms with E-state index in [1.165, 1.54) is 11.1 Å². The van der Waals surface area contributed by atoms with Gasteiger partial charge in [-0.1, -0.05) is 31.2 Å². The minimum Gasteiger partial charge on any atom is -0.349 e. The van der Waals surface area contributed by atoms with Crippen molar-refractivity contribution in [2.45, 2.75) is 26.3 Å². The third-order valence-corrected chi connectivity index (χ3v) is 2.86. The van der Waals surface area contributed by atoms with Gasteiger partial charge in [0.15, 0.2) is 0 Å². The Bertz CT molecular complexity index is 359. The lowest BCUT2D eigenvalue weighted by Gasteiger charge is -2.17. The number of benzene rings is 1. The van der Waals surface area contributed by atoms with Gasteiger partial charge < -0.3 is 5.32 Å². The lowest BCUT2D eigenvalue weighted by atomic mass is 10.0. The van der Waals surface area contributed by atoms with Crippen LogP contribution in [0.15, 0.2) is 24.3 Å². The van der Waals surface area contributed by atoms with Crippen LogP contribution in [0.2, 0.25) is 0 Å². The Morgan fingerprint density at radius 1 is 1.43 bits per heavy atom. The van der Waals surface area contributed by atoms with E-state index in [2.05, 4.69) is 30.4 Å². The van der Waals surface area contributed by atoms with Crippen molar-refractivity contribution in [2.24, 2.45) is 5.92 Å². The van der Waals surface area contributed by atoms with Gasteiger partial charge in [-0.05, 0) is 23.5 Å². The molecule has 0 radical (unpaired) electrons. The van der Waals surface area contributed by atoms with E-state index in [-0.39, 0.29) is 11.9 Å². The Balaban J connectivity index is 2.30. The van der Waals surface area contributed by atoms with Crippen molar-refractivity contribution in [1.29, 1.82) is 0 Å². The minimum atomic E-state index is 0.0542. The smallest absolute Gasteiger partial charge is 0.217 e. The second-order valence-corrected chi connectivity index (χ2v) is 4.06. The largest absolute Gasteiger partial charge is 0.349 e. The van der Waals surface area contributed by atoms with E-state index in [1.54, 1.807) is 6.92 Å². The molecule has 2 atom stereocenters. The van der Waals surface area contributed by atoms with Crippen molar-refractivity contribution in [2.75, 3.05) is 0 Å². The quantitative estimate of drug-likeness (QED) is 0.719. The SMILES string of the molecule is CC(=O)N[C@@H]1c2ccccc2CC1C. The minimum absolute atomic E-state index is 0.0542. The summed E-state index contributed by atoms with van der Waals surface area (Å²) in [6.45, 7) is 3.76. The van der Waals surface area contributed by atoms with Crippen LogP contribution in [0.4, 0.5) is 0 Å². The molecule has 0 saturated carbocycles. The normalized spacial score (nSPS) is 24.4. The molecule has 14 heavy (non-hydrogen) atoms. The van der Waals surface area contributed by atoms with E-state index in [9.17, 15) is 4.79 Å². The molecule has 0 heterocycles. The van der Waals surface area contributed by atoms with E-state index in [1.807, 2.05) is 6.07 Å². The van der Waals surface area contributed by atoms with Gasteiger partial charge in [0.25, 0.3) is 0 Å². The molecular weight excluding hydrogens is 174 g/mol. The average Bonchev–Trinajstić information content (AvgIpc) is 2.43. The first kappa shape index (κ1) is 9.25. The topological polar surface area (TPSA) is 29.1 Å². The number of fused-ring (bicyclic) bond motifs is 1. The summed E-state index contributed by atoms with van der Waals surface area (Å²) in [7, 11) is 0. The summed E-state index contributed by atoms with van der Waals surface area (Å²) in [5.41, 5.74) is 2.66. The van der Waals surface area contributed by atoms with Gasteiger partial charge >= 0.3 is 0 Å². The number of nitrogens with one attached hydrogen (secondary N) is 1. The number of carbonyl (C=O) groups excluding carboxylic acids is 1. The van der Waals surface area contributed by atoms with Crippen molar-refractivity contribution in [1.82, 2.24) is 5.32 Å². The molecule has 0 saturated heterocycles. The molecule has 0 spiro atoms. The summed E-state index contributed by atoms with van der Waals surface area (Å²) in [6.07, 6.45) is 1.07. The van der Waals surface area contributed by atoms with Gasteiger partial charge in [-0.25, -0.2) is 0 Å². The van der Waals surface area contributed by atoms with E-state index in [0.717, 1.165) is 6.42 Å². The molecule has 1 amide bonds. The fraction of sp³-hybridized carbons (Fsp3) is 0.417. The van der Waals surface area contributed by atoms with Crippen LogP contribution < -0.4 is 5.32 Å². The molecule has 0 bridgehead atoms. The Hall–Kier alpha value is -1.31. The van der Waals surface area contributed by atoms with Crippen LogP contribution >= 0.6 is 0 Å². The number of rotatable bonds is 1. The maximum Gasteiger partial charge on any atom is 0.217 e. The molecule has 1 aromatic rings. The van der Waals surface area contributed by atoms with Gasteiger partial charge in [0.2, 0.25) is 5.91 Å². The molecule has 1 unspecified atom stereocenters. The molecule has 2 rings (SSSR count). The summed E-state index contributed by atoms with van der Waals surface area (Å²) in [5.74, 6) is 0.565. The van der Waals surface area contributed by atoms with E-state index >= 15 is 0 Å². The average molecular weight is 189 g/mol. The van der Waals surface area contributed by atoms with Crippen molar-refractivity contribution in [3.05, 3.63) is 35.4 Å². The van der Waals surface area contributed by atoms with E-state index in [0.29, 0.717) is 5.92 Å². The van der Waals surface area contributed by atoms with E-state index in [4.69, 9.17) is 0 Å². The Labute approximate surface area is 84.3 Å². The standard InChI is InChI=1S/C12H15NO/c1-8-7-10-5-3-4-6-11(10)12(8)13-9(2)14/h3-6,8,12H,7H2,1-2H3,(H,13,14)/t8?,12-/m0/s1. The number of amides is 1. The van der Waals surface area contributed by atoms with Gasteiger partial charge in [-0.2, -0.15) is 0 Å². The van der Waals surface area contributed by atoms with Crippen LogP contribution in [-0.4, -0.2) is 5.91 Å². The molecule has 0 aliphatic heterocycles.